The van der Waals surface area contributed by atoms with Crippen molar-refractivity contribution in [2.45, 2.75) is 18.7 Å². The number of carbonyl (C=O) groups is 1. The fraction of sp³-hybridized carbons (Fsp3) is 0.417. The Kier molecular flexibility index (Phi) is 3.47. The molecule has 0 saturated carbocycles. The maximum atomic E-state index is 11.2. The Bertz CT molecular complexity index is 446. The monoisotopic (exact) mass is 252 g/mol. The molecule has 2 rings (SSSR count). The van der Waals surface area contributed by atoms with Crippen molar-refractivity contribution in [2.24, 2.45) is 5.92 Å². The molecule has 0 fully saturated rings. The van der Waals surface area contributed by atoms with Gasteiger partial charge in [-0.3, -0.25) is 4.79 Å². The Morgan fingerprint density at radius 1 is 1.53 bits per heavy atom. The van der Waals surface area contributed by atoms with Gasteiger partial charge in [-0.05, 0) is 12.0 Å². The first-order valence-electron chi connectivity index (χ1n) is 5.55. The molecule has 1 heterocycles. The second-order valence-corrected chi connectivity index (χ2v) is 5.49. The standard InChI is InChI=1S/C12H16N2O2S/c1-7(2)6-17-11-4-9-10(3-8(11)13)16-5-12(15)14-9/h3-4,7H,5-6,13H2,1-2H3,(H,14,15). The Hall–Kier alpha value is -1.36. The number of nitrogen functional groups attached to an aromatic ring is 1. The number of ether oxygens (including phenoxy) is 1. The Balaban J connectivity index is 2.23. The summed E-state index contributed by atoms with van der Waals surface area (Å²) >= 11 is 1.70. The van der Waals surface area contributed by atoms with Crippen LogP contribution in [0.1, 0.15) is 13.8 Å². The quantitative estimate of drug-likeness (QED) is 0.640. The highest BCUT2D eigenvalue weighted by atomic mass is 32.2. The molecule has 1 aliphatic heterocycles. The molecule has 0 aliphatic carbocycles. The minimum atomic E-state index is -0.123. The van der Waals surface area contributed by atoms with Crippen molar-refractivity contribution in [2.75, 3.05) is 23.4 Å². The molecule has 5 heteroatoms. The van der Waals surface area contributed by atoms with Crippen molar-refractivity contribution < 1.29 is 9.53 Å². The predicted molar refractivity (Wildman–Crippen MR) is 70.5 cm³/mol. The van der Waals surface area contributed by atoms with Gasteiger partial charge in [0.05, 0.1) is 5.69 Å². The van der Waals surface area contributed by atoms with Gasteiger partial charge in [0.2, 0.25) is 0 Å². The van der Waals surface area contributed by atoms with Crippen molar-refractivity contribution in [3.63, 3.8) is 0 Å². The normalized spacial score (nSPS) is 14.2. The van der Waals surface area contributed by atoms with E-state index in [0.29, 0.717) is 23.0 Å². The number of benzene rings is 1. The summed E-state index contributed by atoms with van der Waals surface area (Å²) in [6.07, 6.45) is 0. The van der Waals surface area contributed by atoms with Crippen LogP contribution in [0, 0.1) is 5.92 Å². The van der Waals surface area contributed by atoms with Gasteiger partial charge >= 0.3 is 0 Å². The highest BCUT2D eigenvalue weighted by Gasteiger charge is 2.18. The van der Waals surface area contributed by atoms with Gasteiger partial charge in [-0.2, -0.15) is 0 Å². The van der Waals surface area contributed by atoms with Gasteiger partial charge in [0.15, 0.2) is 6.61 Å². The van der Waals surface area contributed by atoms with Gasteiger partial charge in [0, 0.05) is 22.4 Å². The summed E-state index contributed by atoms with van der Waals surface area (Å²) in [5.41, 5.74) is 7.36. The number of nitrogens with two attached hydrogens (primary N) is 1. The van der Waals surface area contributed by atoms with Crippen LogP contribution in [0.4, 0.5) is 11.4 Å². The van der Waals surface area contributed by atoms with Crippen molar-refractivity contribution in [1.82, 2.24) is 0 Å². The second-order valence-electron chi connectivity index (χ2n) is 4.43. The van der Waals surface area contributed by atoms with E-state index in [4.69, 9.17) is 10.5 Å². The van der Waals surface area contributed by atoms with Gasteiger partial charge in [0.1, 0.15) is 5.75 Å². The van der Waals surface area contributed by atoms with E-state index < -0.39 is 0 Å². The maximum Gasteiger partial charge on any atom is 0.262 e. The smallest absolute Gasteiger partial charge is 0.262 e. The van der Waals surface area contributed by atoms with Crippen LogP contribution in [0.15, 0.2) is 17.0 Å². The van der Waals surface area contributed by atoms with Crippen LogP contribution in [-0.4, -0.2) is 18.3 Å². The van der Waals surface area contributed by atoms with Crippen molar-refractivity contribution in [3.8, 4) is 5.75 Å². The molecule has 92 valence electrons. The Labute approximate surface area is 105 Å². The van der Waals surface area contributed by atoms with E-state index in [1.807, 2.05) is 6.07 Å². The van der Waals surface area contributed by atoms with Crippen molar-refractivity contribution >= 4 is 29.0 Å². The van der Waals surface area contributed by atoms with Crippen LogP contribution in [0.25, 0.3) is 0 Å². The number of rotatable bonds is 3. The van der Waals surface area contributed by atoms with Crippen LogP contribution in [0.2, 0.25) is 0 Å². The third-order valence-electron chi connectivity index (χ3n) is 2.32. The first-order valence-corrected chi connectivity index (χ1v) is 6.54. The van der Waals surface area contributed by atoms with E-state index in [9.17, 15) is 4.79 Å². The molecule has 0 aromatic heterocycles. The zero-order valence-corrected chi connectivity index (χ0v) is 10.8. The molecule has 1 aromatic carbocycles. The lowest BCUT2D eigenvalue weighted by atomic mass is 10.2. The first-order chi connectivity index (χ1) is 8.06. The second kappa shape index (κ2) is 4.87. The molecule has 1 aromatic rings. The zero-order chi connectivity index (χ0) is 12.4. The highest BCUT2D eigenvalue weighted by Crippen LogP contribution is 2.37. The van der Waals surface area contributed by atoms with E-state index in [1.54, 1.807) is 17.8 Å². The van der Waals surface area contributed by atoms with Crippen LogP contribution >= 0.6 is 11.8 Å². The molecule has 1 aliphatic rings. The molecule has 17 heavy (non-hydrogen) atoms. The number of fused-ring (bicyclic) bond motifs is 1. The minimum absolute atomic E-state index is 0.0604. The van der Waals surface area contributed by atoms with Gasteiger partial charge in [0.25, 0.3) is 5.91 Å². The summed E-state index contributed by atoms with van der Waals surface area (Å²) in [4.78, 5) is 12.2. The van der Waals surface area contributed by atoms with Crippen LogP contribution in [0.5, 0.6) is 5.75 Å². The molecule has 0 saturated heterocycles. The number of nitrogens with one attached hydrogen (secondary N) is 1. The number of amides is 1. The third-order valence-corrected chi connectivity index (χ3v) is 3.81. The maximum absolute atomic E-state index is 11.2. The molecule has 3 N–H and O–H groups in total. The predicted octanol–water partition coefficient (Wildman–Crippen LogP) is 2.35. The van der Waals surface area contributed by atoms with Crippen LogP contribution in [-0.2, 0) is 4.79 Å². The number of hydrogen-bond donors (Lipinski definition) is 2. The summed E-state index contributed by atoms with van der Waals surface area (Å²) in [6.45, 7) is 4.38. The lowest BCUT2D eigenvalue weighted by Crippen LogP contribution is -2.25. The first kappa shape index (κ1) is 12.1. The summed E-state index contributed by atoms with van der Waals surface area (Å²) in [5, 5.41) is 2.78. The molecule has 0 radical (unpaired) electrons. The fourth-order valence-electron chi connectivity index (χ4n) is 1.50. The summed E-state index contributed by atoms with van der Waals surface area (Å²) < 4.78 is 5.30. The summed E-state index contributed by atoms with van der Waals surface area (Å²) in [6, 6.07) is 3.66. The van der Waals surface area contributed by atoms with Crippen LogP contribution < -0.4 is 15.8 Å². The Morgan fingerprint density at radius 2 is 2.29 bits per heavy atom. The number of anilines is 2. The number of carbonyl (C=O) groups excluding carboxylic acids is 1. The molecule has 0 spiro atoms. The fourth-order valence-corrected chi connectivity index (χ4v) is 2.44. The number of hydrogen-bond acceptors (Lipinski definition) is 4. The summed E-state index contributed by atoms with van der Waals surface area (Å²) in [7, 11) is 0. The average Bonchev–Trinajstić information content (AvgIpc) is 2.26. The van der Waals surface area contributed by atoms with Gasteiger partial charge in [-0.25, -0.2) is 0 Å². The average molecular weight is 252 g/mol. The molecule has 0 bridgehead atoms. The molecule has 4 nitrogen and oxygen atoms in total. The largest absolute Gasteiger partial charge is 0.482 e. The van der Waals surface area contributed by atoms with E-state index in [2.05, 4.69) is 19.2 Å². The van der Waals surface area contributed by atoms with Crippen molar-refractivity contribution in [3.05, 3.63) is 12.1 Å². The van der Waals surface area contributed by atoms with Crippen molar-refractivity contribution in [1.29, 1.82) is 0 Å². The number of thioether (sulfide) groups is 1. The molecule has 1 amide bonds. The van der Waals surface area contributed by atoms with E-state index >= 15 is 0 Å². The van der Waals surface area contributed by atoms with Gasteiger partial charge in [-0.1, -0.05) is 13.8 Å². The molecular weight excluding hydrogens is 236 g/mol. The zero-order valence-electron chi connectivity index (χ0n) is 9.95. The Morgan fingerprint density at radius 3 is 3.00 bits per heavy atom. The van der Waals surface area contributed by atoms with Crippen LogP contribution in [0.3, 0.4) is 0 Å². The van der Waals surface area contributed by atoms with E-state index in [-0.39, 0.29) is 12.5 Å². The third kappa shape index (κ3) is 2.85. The topological polar surface area (TPSA) is 64.3 Å². The summed E-state index contributed by atoms with van der Waals surface area (Å²) in [5.74, 6) is 2.12. The molecule has 0 unspecified atom stereocenters. The SMILES string of the molecule is CC(C)CSc1cc2c(cc1N)OCC(=O)N2. The molecular formula is C12H16N2O2S. The lowest BCUT2D eigenvalue weighted by molar-refractivity contribution is -0.118. The highest BCUT2D eigenvalue weighted by molar-refractivity contribution is 7.99. The minimum Gasteiger partial charge on any atom is -0.482 e. The van der Waals surface area contributed by atoms with Gasteiger partial charge in [-0.15, -0.1) is 11.8 Å². The van der Waals surface area contributed by atoms with Gasteiger partial charge < -0.3 is 15.8 Å². The van der Waals surface area contributed by atoms with E-state index in [1.165, 1.54) is 0 Å². The lowest BCUT2D eigenvalue weighted by Gasteiger charge is -2.19. The van der Waals surface area contributed by atoms with E-state index in [0.717, 1.165) is 10.6 Å². The molecule has 0 atom stereocenters.